The predicted octanol–water partition coefficient (Wildman–Crippen LogP) is 1.80. The molecule has 0 saturated carbocycles. The zero-order valence-corrected chi connectivity index (χ0v) is 12.3. The highest BCUT2D eigenvalue weighted by molar-refractivity contribution is 4.99. The molecule has 0 amide bonds. The Kier molecular flexibility index (Phi) is 5.75. The summed E-state index contributed by atoms with van der Waals surface area (Å²) >= 11 is 0. The second kappa shape index (κ2) is 6.85. The third-order valence-corrected chi connectivity index (χ3v) is 3.17. The van der Waals surface area contributed by atoms with Crippen LogP contribution in [0, 0.1) is 0 Å². The van der Waals surface area contributed by atoms with Crippen LogP contribution >= 0.6 is 0 Å². The van der Waals surface area contributed by atoms with Gasteiger partial charge >= 0.3 is 0 Å². The van der Waals surface area contributed by atoms with Gasteiger partial charge in [0.2, 0.25) is 5.89 Å². The average Bonchev–Trinajstić information content (AvgIpc) is 2.80. The molecular formula is C13H26N4O. The number of nitrogens with zero attached hydrogens (tertiary/aromatic N) is 3. The van der Waals surface area contributed by atoms with Crippen molar-refractivity contribution in [3.8, 4) is 0 Å². The van der Waals surface area contributed by atoms with E-state index in [2.05, 4.69) is 55.0 Å². The van der Waals surface area contributed by atoms with E-state index in [1.165, 1.54) is 0 Å². The van der Waals surface area contributed by atoms with E-state index in [9.17, 15) is 0 Å². The molecule has 1 rings (SSSR count). The average molecular weight is 254 g/mol. The summed E-state index contributed by atoms with van der Waals surface area (Å²) in [6, 6.07) is 0. The molecule has 0 spiro atoms. The van der Waals surface area contributed by atoms with Crippen LogP contribution in [-0.2, 0) is 12.0 Å². The molecule has 0 aliphatic heterocycles. The predicted molar refractivity (Wildman–Crippen MR) is 72.5 cm³/mol. The first-order valence-electron chi connectivity index (χ1n) is 6.83. The fourth-order valence-electron chi connectivity index (χ4n) is 1.92. The molecule has 1 N–H and O–H groups in total. The van der Waals surface area contributed by atoms with Gasteiger partial charge < -0.3 is 14.7 Å². The standard InChI is InChI=1S/C13H26N4O/c1-6-14-13(4,5)12-15-11(16-18-12)9-10-17(7-2)8-3/h14H,6-10H2,1-5H3. The van der Waals surface area contributed by atoms with Gasteiger partial charge in [0.1, 0.15) is 0 Å². The fraction of sp³-hybridized carbons (Fsp3) is 0.846. The van der Waals surface area contributed by atoms with Gasteiger partial charge in [0.05, 0.1) is 5.54 Å². The lowest BCUT2D eigenvalue weighted by atomic mass is 10.1. The minimum absolute atomic E-state index is 0.255. The van der Waals surface area contributed by atoms with Crippen LogP contribution in [0.4, 0.5) is 0 Å². The van der Waals surface area contributed by atoms with Crippen molar-refractivity contribution in [1.29, 1.82) is 0 Å². The van der Waals surface area contributed by atoms with E-state index in [1.54, 1.807) is 0 Å². The summed E-state index contributed by atoms with van der Waals surface area (Å²) in [6.07, 6.45) is 0.841. The van der Waals surface area contributed by atoms with Gasteiger partial charge in [-0.25, -0.2) is 0 Å². The Hall–Kier alpha value is -0.940. The zero-order valence-electron chi connectivity index (χ0n) is 12.3. The van der Waals surface area contributed by atoms with Crippen molar-refractivity contribution in [3.05, 3.63) is 11.7 Å². The van der Waals surface area contributed by atoms with Crippen LogP contribution in [-0.4, -0.2) is 41.2 Å². The Bertz CT molecular complexity index is 345. The van der Waals surface area contributed by atoms with Crippen LogP contribution in [0.15, 0.2) is 4.52 Å². The van der Waals surface area contributed by atoms with Crippen molar-refractivity contribution >= 4 is 0 Å². The van der Waals surface area contributed by atoms with Gasteiger partial charge in [-0.15, -0.1) is 0 Å². The summed E-state index contributed by atoms with van der Waals surface area (Å²) in [6.45, 7) is 14.5. The first kappa shape index (κ1) is 15.1. The number of rotatable bonds is 8. The minimum Gasteiger partial charge on any atom is -0.337 e. The normalized spacial score (nSPS) is 12.3. The molecular weight excluding hydrogens is 228 g/mol. The summed E-state index contributed by atoms with van der Waals surface area (Å²) in [5.41, 5.74) is -0.255. The van der Waals surface area contributed by atoms with Crippen molar-refractivity contribution in [2.24, 2.45) is 0 Å². The molecule has 18 heavy (non-hydrogen) atoms. The lowest BCUT2D eigenvalue weighted by Crippen LogP contribution is -2.36. The highest BCUT2D eigenvalue weighted by atomic mass is 16.5. The molecule has 0 unspecified atom stereocenters. The third-order valence-electron chi connectivity index (χ3n) is 3.17. The Morgan fingerprint density at radius 3 is 2.44 bits per heavy atom. The first-order chi connectivity index (χ1) is 8.53. The monoisotopic (exact) mass is 254 g/mol. The van der Waals surface area contributed by atoms with Gasteiger partial charge in [0, 0.05) is 13.0 Å². The van der Waals surface area contributed by atoms with Crippen molar-refractivity contribution < 1.29 is 4.52 Å². The molecule has 1 aromatic rings. The van der Waals surface area contributed by atoms with E-state index >= 15 is 0 Å². The van der Waals surface area contributed by atoms with Crippen LogP contribution in [0.2, 0.25) is 0 Å². The number of aromatic nitrogens is 2. The second-order valence-corrected chi connectivity index (χ2v) is 4.95. The van der Waals surface area contributed by atoms with Crippen LogP contribution in [0.5, 0.6) is 0 Å². The van der Waals surface area contributed by atoms with E-state index in [4.69, 9.17) is 4.52 Å². The molecule has 0 aromatic carbocycles. The number of hydrogen-bond acceptors (Lipinski definition) is 5. The zero-order chi connectivity index (χ0) is 13.6. The summed E-state index contributed by atoms with van der Waals surface area (Å²) < 4.78 is 5.34. The first-order valence-corrected chi connectivity index (χ1v) is 6.83. The summed E-state index contributed by atoms with van der Waals surface area (Å²) in [5, 5.41) is 7.38. The number of nitrogens with one attached hydrogen (secondary N) is 1. The highest BCUT2D eigenvalue weighted by Gasteiger charge is 2.26. The van der Waals surface area contributed by atoms with E-state index in [-0.39, 0.29) is 5.54 Å². The largest absolute Gasteiger partial charge is 0.337 e. The van der Waals surface area contributed by atoms with Gasteiger partial charge in [-0.3, -0.25) is 0 Å². The van der Waals surface area contributed by atoms with Gasteiger partial charge in [0.25, 0.3) is 0 Å². The van der Waals surface area contributed by atoms with E-state index in [1.807, 2.05) is 0 Å². The van der Waals surface area contributed by atoms with E-state index < -0.39 is 0 Å². The maximum Gasteiger partial charge on any atom is 0.246 e. The Labute approximate surface area is 110 Å². The lowest BCUT2D eigenvalue weighted by Gasteiger charge is -2.20. The van der Waals surface area contributed by atoms with Gasteiger partial charge in [-0.2, -0.15) is 4.98 Å². The van der Waals surface area contributed by atoms with Gasteiger partial charge in [0.15, 0.2) is 5.82 Å². The lowest BCUT2D eigenvalue weighted by molar-refractivity contribution is 0.269. The molecule has 104 valence electrons. The summed E-state index contributed by atoms with van der Waals surface area (Å²) in [4.78, 5) is 6.83. The fourth-order valence-corrected chi connectivity index (χ4v) is 1.92. The molecule has 0 fully saturated rings. The van der Waals surface area contributed by atoms with E-state index in [0.29, 0.717) is 5.89 Å². The van der Waals surface area contributed by atoms with Crippen molar-refractivity contribution in [1.82, 2.24) is 20.4 Å². The summed E-state index contributed by atoms with van der Waals surface area (Å²) in [5.74, 6) is 1.46. The molecule has 1 aromatic heterocycles. The van der Waals surface area contributed by atoms with E-state index in [0.717, 1.165) is 38.4 Å². The molecule has 0 bridgehead atoms. The molecule has 1 heterocycles. The van der Waals surface area contributed by atoms with Crippen molar-refractivity contribution in [3.63, 3.8) is 0 Å². The van der Waals surface area contributed by atoms with Crippen LogP contribution in [0.1, 0.15) is 46.3 Å². The Morgan fingerprint density at radius 2 is 1.89 bits per heavy atom. The van der Waals surface area contributed by atoms with Crippen LogP contribution in [0.25, 0.3) is 0 Å². The molecule has 0 atom stereocenters. The molecule has 5 nitrogen and oxygen atoms in total. The van der Waals surface area contributed by atoms with Gasteiger partial charge in [-0.1, -0.05) is 25.9 Å². The van der Waals surface area contributed by atoms with Crippen LogP contribution < -0.4 is 5.32 Å². The third kappa shape index (κ3) is 4.07. The van der Waals surface area contributed by atoms with Crippen LogP contribution in [0.3, 0.4) is 0 Å². The van der Waals surface area contributed by atoms with Crippen molar-refractivity contribution in [2.45, 2.75) is 46.6 Å². The topological polar surface area (TPSA) is 54.2 Å². The number of likely N-dealkylation sites (N-methyl/N-ethyl adjacent to an activating group) is 1. The van der Waals surface area contributed by atoms with Crippen molar-refractivity contribution in [2.75, 3.05) is 26.2 Å². The molecule has 0 saturated heterocycles. The Morgan fingerprint density at radius 1 is 1.22 bits per heavy atom. The molecule has 0 aliphatic rings. The molecule has 5 heteroatoms. The minimum atomic E-state index is -0.255. The summed E-state index contributed by atoms with van der Waals surface area (Å²) in [7, 11) is 0. The van der Waals surface area contributed by atoms with Gasteiger partial charge in [-0.05, 0) is 33.5 Å². The maximum absolute atomic E-state index is 5.34. The second-order valence-electron chi connectivity index (χ2n) is 4.95. The molecule has 0 radical (unpaired) electrons. The molecule has 0 aliphatic carbocycles. The smallest absolute Gasteiger partial charge is 0.246 e. The maximum atomic E-state index is 5.34. The Balaban J connectivity index is 2.58. The highest BCUT2D eigenvalue weighted by Crippen LogP contribution is 2.17. The number of hydrogen-bond donors (Lipinski definition) is 1. The SMILES string of the molecule is CCNC(C)(C)c1nc(CCN(CC)CC)no1. The quantitative estimate of drug-likeness (QED) is 0.766.